The van der Waals surface area contributed by atoms with Crippen molar-refractivity contribution in [2.24, 2.45) is 0 Å². The molecule has 1 fully saturated rings. The highest BCUT2D eigenvalue weighted by Crippen LogP contribution is 2.20. The van der Waals surface area contributed by atoms with E-state index in [1.54, 1.807) is 5.51 Å². The molecule has 1 aliphatic rings. The number of carbonyl (C=O) groups excluding carboxylic acids is 1. The van der Waals surface area contributed by atoms with E-state index in [0.717, 1.165) is 5.69 Å². The molecule has 0 aliphatic carbocycles. The molecule has 0 aromatic carbocycles. The zero-order valence-corrected chi connectivity index (χ0v) is 11.2. The molecule has 0 saturated carbocycles. The van der Waals surface area contributed by atoms with Gasteiger partial charge in [-0.3, -0.25) is 0 Å². The molecule has 1 atom stereocenters. The number of aromatic nitrogens is 1. The predicted molar refractivity (Wildman–Crippen MR) is 69.8 cm³/mol. The number of rotatable bonds is 4. The van der Waals surface area contributed by atoms with Crippen LogP contribution in [-0.2, 0) is 11.2 Å². The van der Waals surface area contributed by atoms with Crippen molar-refractivity contribution >= 4 is 35.1 Å². The molecule has 98 valence electrons. The molecule has 1 saturated heterocycles. The van der Waals surface area contributed by atoms with Crippen LogP contribution in [0.2, 0.25) is 0 Å². The lowest BCUT2D eigenvalue weighted by atomic mass is 10.3. The van der Waals surface area contributed by atoms with E-state index in [1.807, 2.05) is 5.38 Å². The van der Waals surface area contributed by atoms with Gasteiger partial charge in [-0.05, 0) is 0 Å². The van der Waals surface area contributed by atoms with Gasteiger partial charge < -0.3 is 15.3 Å². The molecule has 1 unspecified atom stereocenters. The maximum atomic E-state index is 11.8. The van der Waals surface area contributed by atoms with Crippen LogP contribution in [0.1, 0.15) is 5.69 Å². The standard InChI is InChI=1S/C10H13N3O3S2/c14-9(15)8-4-18-6-13(8)10(16)11-2-1-7-3-17-5-12-7/h3,5,8H,1-2,4,6H2,(H,11,16)(H,14,15). The van der Waals surface area contributed by atoms with Crippen molar-refractivity contribution in [3.63, 3.8) is 0 Å². The van der Waals surface area contributed by atoms with Gasteiger partial charge >= 0.3 is 12.0 Å². The van der Waals surface area contributed by atoms with Gasteiger partial charge in [-0.2, -0.15) is 0 Å². The molecule has 2 rings (SSSR count). The van der Waals surface area contributed by atoms with Crippen molar-refractivity contribution in [3.8, 4) is 0 Å². The number of nitrogens with one attached hydrogen (secondary N) is 1. The van der Waals surface area contributed by atoms with E-state index in [0.29, 0.717) is 24.6 Å². The van der Waals surface area contributed by atoms with Gasteiger partial charge in [-0.25, -0.2) is 14.6 Å². The van der Waals surface area contributed by atoms with Crippen LogP contribution < -0.4 is 5.32 Å². The summed E-state index contributed by atoms with van der Waals surface area (Å²) in [6, 6.07) is -1.03. The Morgan fingerprint density at radius 2 is 2.44 bits per heavy atom. The van der Waals surface area contributed by atoms with Crippen molar-refractivity contribution in [2.75, 3.05) is 18.2 Å². The summed E-state index contributed by atoms with van der Waals surface area (Å²) in [5.41, 5.74) is 2.68. The first-order valence-electron chi connectivity index (χ1n) is 5.40. The number of amides is 2. The SMILES string of the molecule is O=C(O)C1CSCN1C(=O)NCCc1cscn1. The van der Waals surface area contributed by atoms with Crippen LogP contribution in [0.4, 0.5) is 4.79 Å². The lowest BCUT2D eigenvalue weighted by molar-refractivity contribution is -0.140. The Morgan fingerprint density at radius 1 is 1.61 bits per heavy atom. The van der Waals surface area contributed by atoms with Crippen molar-refractivity contribution in [1.82, 2.24) is 15.2 Å². The summed E-state index contributed by atoms with van der Waals surface area (Å²) < 4.78 is 0. The summed E-state index contributed by atoms with van der Waals surface area (Å²) in [7, 11) is 0. The van der Waals surface area contributed by atoms with Gasteiger partial charge in [0, 0.05) is 24.1 Å². The molecule has 1 aromatic heterocycles. The molecule has 1 aliphatic heterocycles. The Kier molecular flexibility index (Phi) is 4.43. The molecule has 0 spiro atoms. The van der Waals surface area contributed by atoms with E-state index in [-0.39, 0.29) is 6.03 Å². The second-order valence-corrected chi connectivity index (χ2v) is 5.50. The maximum Gasteiger partial charge on any atom is 0.327 e. The average molecular weight is 287 g/mol. The second-order valence-electron chi connectivity index (χ2n) is 3.79. The Labute approximate surface area is 112 Å². The molecule has 6 nitrogen and oxygen atoms in total. The highest BCUT2D eigenvalue weighted by Gasteiger charge is 2.34. The molecular weight excluding hydrogens is 274 g/mol. The molecule has 0 radical (unpaired) electrons. The van der Waals surface area contributed by atoms with Crippen LogP contribution >= 0.6 is 23.1 Å². The van der Waals surface area contributed by atoms with Crippen LogP contribution in [0.5, 0.6) is 0 Å². The minimum atomic E-state index is -0.949. The minimum absolute atomic E-state index is 0.317. The number of carboxylic acids is 1. The van der Waals surface area contributed by atoms with Gasteiger partial charge in [0.1, 0.15) is 6.04 Å². The third kappa shape index (κ3) is 3.14. The summed E-state index contributed by atoms with van der Waals surface area (Å²) in [6.45, 7) is 0.468. The van der Waals surface area contributed by atoms with Crippen LogP contribution in [0, 0.1) is 0 Å². The topological polar surface area (TPSA) is 82.5 Å². The van der Waals surface area contributed by atoms with Crippen molar-refractivity contribution in [3.05, 3.63) is 16.6 Å². The number of urea groups is 1. The number of nitrogens with zero attached hydrogens (tertiary/aromatic N) is 2. The number of carbonyl (C=O) groups is 2. The smallest absolute Gasteiger partial charge is 0.327 e. The maximum absolute atomic E-state index is 11.8. The monoisotopic (exact) mass is 287 g/mol. The number of hydrogen-bond acceptors (Lipinski definition) is 5. The third-order valence-electron chi connectivity index (χ3n) is 2.57. The van der Waals surface area contributed by atoms with Gasteiger partial charge in [-0.1, -0.05) is 0 Å². The van der Waals surface area contributed by atoms with E-state index in [1.165, 1.54) is 28.0 Å². The summed E-state index contributed by atoms with van der Waals surface area (Å²) in [6.07, 6.45) is 0.661. The summed E-state index contributed by atoms with van der Waals surface area (Å²) in [4.78, 5) is 28.2. The van der Waals surface area contributed by atoms with Gasteiger partial charge in [0.25, 0.3) is 0 Å². The predicted octanol–water partition coefficient (Wildman–Crippen LogP) is 0.855. The lowest BCUT2D eigenvalue weighted by Gasteiger charge is -2.20. The number of thioether (sulfide) groups is 1. The minimum Gasteiger partial charge on any atom is -0.480 e. The largest absolute Gasteiger partial charge is 0.480 e. The van der Waals surface area contributed by atoms with Crippen LogP contribution in [0.15, 0.2) is 10.9 Å². The zero-order valence-electron chi connectivity index (χ0n) is 9.54. The van der Waals surface area contributed by atoms with E-state index in [4.69, 9.17) is 5.11 Å². The van der Waals surface area contributed by atoms with Gasteiger partial charge in [-0.15, -0.1) is 23.1 Å². The number of hydrogen-bond donors (Lipinski definition) is 2. The fourth-order valence-corrected chi connectivity index (χ4v) is 3.35. The zero-order chi connectivity index (χ0) is 13.0. The first-order chi connectivity index (χ1) is 8.68. The van der Waals surface area contributed by atoms with E-state index >= 15 is 0 Å². The van der Waals surface area contributed by atoms with E-state index in [2.05, 4.69) is 10.3 Å². The van der Waals surface area contributed by atoms with Crippen molar-refractivity contribution in [2.45, 2.75) is 12.5 Å². The molecule has 8 heteroatoms. The second kappa shape index (κ2) is 6.05. The quantitative estimate of drug-likeness (QED) is 0.858. The molecule has 2 heterocycles. The van der Waals surface area contributed by atoms with Gasteiger partial charge in [0.05, 0.1) is 17.1 Å². The number of thiazole rings is 1. The molecule has 1 aromatic rings. The number of aliphatic carboxylic acids is 1. The fourth-order valence-electron chi connectivity index (χ4n) is 1.61. The van der Waals surface area contributed by atoms with E-state index in [9.17, 15) is 9.59 Å². The summed E-state index contributed by atoms with van der Waals surface area (Å²) in [5.74, 6) is -0.0661. The highest BCUT2D eigenvalue weighted by molar-refractivity contribution is 7.99. The van der Waals surface area contributed by atoms with Crippen LogP contribution in [0.25, 0.3) is 0 Å². The Balaban J connectivity index is 1.79. The molecule has 18 heavy (non-hydrogen) atoms. The number of carboxylic acid groups (broad SMARTS) is 1. The fraction of sp³-hybridized carbons (Fsp3) is 0.500. The molecule has 2 amide bonds. The average Bonchev–Trinajstić information content (AvgIpc) is 2.99. The highest BCUT2D eigenvalue weighted by atomic mass is 32.2. The van der Waals surface area contributed by atoms with Crippen molar-refractivity contribution in [1.29, 1.82) is 0 Å². The van der Waals surface area contributed by atoms with Crippen LogP contribution in [-0.4, -0.2) is 51.2 Å². The first kappa shape index (κ1) is 13.2. The van der Waals surface area contributed by atoms with E-state index < -0.39 is 12.0 Å². The Morgan fingerprint density at radius 3 is 3.11 bits per heavy atom. The third-order valence-corrected chi connectivity index (χ3v) is 4.22. The lowest BCUT2D eigenvalue weighted by Crippen LogP contribution is -2.47. The summed E-state index contributed by atoms with van der Waals surface area (Å²) in [5, 5.41) is 13.6. The molecular formula is C10H13N3O3S2. The first-order valence-corrected chi connectivity index (χ1v) is 7.50. The normalized spacial score (nSPS) is 18.9. The Hall–Kier alpha value is -1.28. The summed E-state index contributed by atoms with van der Waals surface area (Å²) >= 11 is 2.96. The van der Waals surface area contributed by atoms with Gasteiger partial charge in [0.15, 0.2) is 0 Å². The van der Waals surface area contributed by atoms with Gasteiger partial charge in [0.2, 0.25) is 0 Å². The Bertz CT molecular complexity index is 424. The molecule has 2 N–H and O–H groups in total. The van der Waals surface area contributed by atoms with Crippen molar-refractivity contribution < 1.29 is 14.7 Å². The molecule has 0 bridgehead atoms. The van der Waals surface area contributed by atoms with Crippen LogP contribution in [0.3, 0.4) is 0 Å².